The topological polar surface area (TPSA) is 46.5 Å². The first-order valence-electron chi connectivity index (χ1n) is 7.46. The number of carboxylic acids is 1. The summed E-state index contributed by atoms with van der Waals surface area (Å²) in [7, 11) is 1.26. The van der Waals surface area contributed by atoms with Gasteiger partial charge in [0.1, 0.15) is 5.75 Å². The lowest BCUT2D eigenvalue weighted by molar-refractivity contribution is -0.139. The highest BCUT2D eigenvalue weighted by atomic mass is 35.5. The summed E-state index contributed by atoms with van der Waals surface area (Å²) in [5.74, 6) is -3.30. The van der Waals surface area contributed by atoms with Crippen LogP contribution in [0.5, 0.6) is 5.75 Å². The first-order valence-corrected chi connectivity index (χ1v) is 8.97. The Kier molecular flexibility index (Phi) is 7.15. The van der Waals surface area contributed by atoms with E-state index in [4.69, 9.17) is 56.2 Å². The van der Waals surface area contributed by atoms with E-state index in [2.05, 4.69) is 0 Å². The van der Waals surface area contributed by atoms with Gasteiger partial charge in [0.15, 0.2) is 0 Å². The monoisotopic (exact) mass is 472 g/mol. The van der Waals surface area contributed by atoms with Crippen molar-refractivity contribution in [1.29, 1.82) is 0 Å². The molecule has 0 heterocycles. The predicted molar refractivity (Wildman–Crippen MR) is 104 cm³/mol. The van der Waals surface area contributed by atoms with E-state index < -0.39 is 18.1 Å². The summed E-state index contributed by atoms with van der Waals surface area (Å²) in [5, 5.41) is 8.67. The van der Waals surface area contributed by atoms with Crippen molar-refractivity contribution in [1.82, 2.24) is 0 Å². The molecule has 1 N–H and O–H groups in total. The Bertz CT molecular complexity index is 919. The quantitative estimate of drug-likeness (QED) is 0.461. The molecule has 2 aromatic carbocycles. The van der Waals surface area contributed by atoms with Crippen LogP contribution in [0.4, 0.5) is 13.2 Å². The van der Waals surface area contributed by atoms with Crippen LogP contribution in [-0.2, 0) is 0 Å². The molecule has 3 nitrogen and oxygen atoms in total. The Morgan fingerprint density at radius 2 is 1.64 bits per heavy atom. The first-order chi connectivity index (χ1) is 13.0. The van der Waals surface area contributed by atoms with Crippen LogP contribution in [0.25, 0.3) is 6.08 Å². The summed E-state index contributed by atoms with van der Waals surface area (Å²) in [6, 6.07) is 4.49. The Labute approximate surface area is 178 Å². The lowest BCUT2D eigenvalue weighted by atomic mass is 9.96. The Balaban J connectivity index is 2.53. The number of methoxy groups -OCH3 is 1. The van der Waals surface area contributed by atoms with Crippen LogP contribution in [-0.4, -0.2) is 24.4 Å². The second kappa shape index (κ2) is 8.82. The highest BCUT2D eigenvalue weighted by molar-refractivity contribution is 6.48. The number of hydrogen-bond acceptors (Lipinski definition) is 2. The molecule has 0 spiro atoms. The maximum atomic E-state index is 13.6. The standard InChI is InChI=1S/C18H11Cl4F3O3/c1-28-15-7-10(17(26)27)12(19)4-8(15)2-3-11(18(23,24)25)9-5-13(20)16(22)14(21)6-9/h2-7,11H,1H3,(H,26,27). The number of carbonyl (C=O) groups is 1. The lowest BCUT2D eigenvalue weighted by Crippen LogP contribution is -2.19. The molecule has 0 aliphatic carbocycles. The summed E-state index contributed by atoms with van der Waals surface area (Å²) >= 11 is 23.4. The fraction of sp³-hybridized carbons (Fsp3) is 0.167. The first kappa shape index (κ1) is 22.7. The van der Waals surface area contributed by atoms with Gasteiger partial charge in [0.2, 0.25) is 0 Å². The molecule has 0 aliphatic rings. The summed E-state index contributed by atoms with van der Waals surface area (Å²) in [6.07, 6.45) is -2.66. The van der Waals surface area contributed by atoms with E-state index in [1.165, 1.54) is 13.2 Å². The number of hydrogen-bond donors (Lipinski definition) is 1. The molecule has 0 fully saturated rings. The van der Waals surface area contributed by atoms with Crippen molar-refractivity contribution >= 4 is 58.4 Å². The zero-order valence-corrected chi connectivity index (χ0v) is 17.0. The number of allylic oxidation sites excluding steroid dienone is 1. The molecule has 10 heteroatoms. The third-order valence-electron chi connectivity index (χ3n) is 3.74. The van der Waals surface area contributed by atoms with Gasteiger partial charge in [-0.2, -0.15) is 13.2 Å². The zero-order valence-electron chi connectivity index (χ0n) is 14.0. The summed E-state index contributed by atoms with van der Waals surface area (Å²) in [6.45, 7) is 0. The normalized spacial score (nSPS) is 13.0. The number of aromatic carboxylic acids is 1. The van der Waals surface area contributed by atoms with Gasteiger partial charge in [-0.25, -0.2) is 4.79 Å². The van der Waals surface area contributed by atoms with Gasteiger partial charge in [-0.1, -0.05) is 58.6 Å². The van der Waals surface area contributed by atoms with Gasteiger partial charge in [-0.15, -0.1) is 0 Å². The molecular weight excluding hydrogens is 463 g/mol. The molecule has 0 saturated carbocycles. The van der Waals surface area contributed by atoms with Crippen LogP contribution < -0.4 is 4.74 Å². The van der Waals surface area contributed by atoms with Crippen molar-refractivity contribution in [3.63, 3.8) is 0 Å². The number of alkyl halides is 3. The molecule has 0 bridgehead atoms. The maximum absolute atomic E-state index is 13.6. The van der Waals surface area contributed by atoms with E-state index in [0.29, 0.717) is 0 Å². The highest BCUT2D eigenvalue weighted by Gasteiger charge is 2.39. The van der Waals surface area contributed by atoms with Gasteiger partial charge in [0.05, 0.1) is 38.7 Å². The Morgan fingerprint density at radius 3 is 2.11 bits per heavy atom. The van der Waals surface area contributed by atoms with Crippen LogP contribution in [0.2, 0.25) is 20.1 Å². The number of ether oxygens (including phenoxy) is 1. The Hall–Kier alpha value is -1.60. The van der Waals surface area contributed by atoms with Crippen molar-refractivity contribution < 1.29 is 27.8 Å². The highest BCUT2D eigenvalue weighted by Crippen LogP contribution is 2.41. The van der Waals surface area contributed by atoms with Crippen LogP contribution in [0.1, 0.15) is 27.4 Å². The minimum atomic E-state index is -4.66. The van der Waals surface area contributed by atoms with Crippen molar-refractivity contribution in [3.8, 4) is 5.75 Å². The summed E-state index contributed by atoms with van der Waals surface area (Å²) < 4.78 is 45.9. The molecular formula is C18H11Cl4F3O3. The van der Waals surface area contributed by atoms with E-state index in [1.807, 2.05) is 0 Å². The average Bonchev–Trinajstić information content (AvgIpc) is 2.58. The minimum Gasteiger partial charge on any atom is -0.496 e. The van der Waals surface area contributed by atoms with E-state index in [9.17, 15) is 18.0 Å². The van der Waals surface area contributed by atoms with Gasteiger partial charge < -0.3 is 9.84 Å². The fourth-order valence-corrected chi connectivity index (χ4v) is 3.27. The van der Waals surface area contributed by atoms with Crippen LogP contribution in [0.15, 0.2) is 30.3 Å². The second-order valence-corrected chi connectivity index (χ2v) is 7.16. The fourth-order valence-electron chi connectivity index (χ4n) is 2.40. The van der Waals surface area contributed by atoms with E-state index in [-0.39, 0.29) is 42.5 Å². The number of halogens is 7. The maximum Gasteiger partial charge on any atom is 0.399 e. The van der Waals surface area contributed by atoms with Gasteiger partial charge in [-0.3, -0.25) is 0 Å². The molecule has 1 unspecified atom stereocenters. The van der Waals surface area contributed by atoms with Gasteiger partial charge in [0.25, 0.3) is 0 Å². The molecule has 2 aromatic rings. The van der Waals surface area contributed by atoms with Crippen molar-refractivity contribution in [3.05, 3.63) is 67.1 Å². The molecule has 0 aromatic heterocycles. The average molecular weight is 474 g/mol. The van der Waals surface area contributed by atoms with Gasteiger partial charge in [-0.05, 0) is 29.8 Å². The van der Waals surface area contributed by atoms with E-state index in [0.717, 1.165) is 30.4 Å². The number of carboxylic acid groups (broad SMARTS) is 1. The van der Waals surface area contributed by atoms with Crippen LogP contribution >= 0.6 is 46.4 Å². The third-order valence-corrected chi connectivity index (χ3v) is 5.25. The number of benzene rings is 2. The second-order valence-electron chi connectivity index (χ2n) is 5.56. The Morgan fingerprint density at radius 1 is 1.07 bits per heavy atom. The predicted octanol–water partition coefficient (Wildman–Crippen LogP) is 7.37. The van der Waals surface area contributed by atoms with Crippen LogP contribution in [0, 0.1) is 0 Å². The lowest BCUT2D eigenvalue weighted by Gasteiger charge is -2.18. The largest absolute Gasteiger partial charge is 0.496 e. The minimum absolute atomic E-state index is 0.0466. The third kappa shape index (κ3) is 5.06. The molecule has 0 amide bonds. The molecule has 0 saturated heterocycles. The molecule has 0 radical (unpaired) electrons. The van der Waals surface area contributed by atoms with Gasteiger partial charge in [0, 0.05) is 5.56 Å². The molecule has 0 aliphatic heterocycles. The van der Waals surface area contributed by atoms with Crippen molar-refractivity contribution in [2.45, 2.75) is 12.1 Å². The molecule has 1 atom stereocenters. The summed E-state index contributed by atoms with van der Waals surface area (Å²) in [4.78, 5) is 11.1. The molecule has 28 heavy (non-hydrogen) atoms. The smallest absolute Gasteiger partial charge is 0.399 e. The van der Waals surface area contributed by atoms with Crippen molar-refractivity contribution in [2.75, 3.05) is 7.11 Å². The summed E-state index contributed by atoms with van der Waals surface area (Å²) in [5.41, 5.74) is -0.285. The molecule has 150 valence electrons. The van der Waals surface area contributed by atoms with Crippen molar-refractivity contribution in [2.24, 2.45) is 0 Å². The zero-order chi connectivity index (χ0) is 21.2. The molecule has 2 rings (SSSR count). The SMILES string of the molecule is COc1cc(C(=O)O)c(Cl)cc1C=CC(c1cc(Cl)c(Cl)c(Cl)c1)C(F)(F)F. The van der Waals surface area contributed by atoms with Crippen LogP contribution in [0.3, 0.4) is 0 Å². The van der Waals surface area contributed by atoms with E-state index in [1.54, 1.807) is 0 Å². The number of rotatable bonds is 5. The van der Waals surface area contributed by atoms with E-state index >= 15 is 0 Å². The van der Waals surface area contributed by atoms with Gasteiger partial charge >= 0.3 is 12.1 Å².